The Bertz CT molecular complexity index is 828. The lowest BCUT2D eigenvalue weighted by molar-refractivity contribution is 0.103. The summed E-state index contributed by atoms with van der Waals surface area (Å²) in [5.41, 5.74) is 7.17. The number of pyridine rings is 1. The number of rotatable bonds is 3. The number of nitrogen functional groups attached to an aromatic ring is 1. The van der Waals surface area contributed by atoms with E-state index in [1.165, 1.54) is 7.11 Å². The Morgan fingerprint density at radius 2 is 1.81 bits per heavy atom. The van der Waals surface area contributed by atoms with Crippen LogP contribution in [0.3, 0.4) is 0 Å². The van der Waals surface area contributed by atoms with Gasteiger partial charge in [-0.2, -0.15) is 0 Å². The molecule has 2 N–H and O–H groups in total. The molecule has 0 atom stereocenters. The highest BCUT2D eigenvalue weighted by atomic mass is 16.5. The van der Waals surface area contributed by atoms with Crippen molar-refractivity contribution in [3.05, 3.63) is 66.0 Å². The van der Waals surface area contributed by atoms with Crippen molar-refractivity contribution in [3.63, 3.8) is 0 Å². The van der Waals surface area contributed by atoms with Crippen molar-refractivity contribution in [2.45, 2.75) is 0 Å². The molecule has 3 aromatic rings. The first-order chi connectivity index (χ1) is 10.2. The maximum absolute atomic E-state index is 12.7. The second-order valence-electron chi connectivity index (χ2n) is 4.67. The summed E-state index contributed by atoms with van der Waals surface area (Å²) in [4.78, 5) is 16.8. The molecule has 1 aromatic heterocycles. The van der Waals surface area contributed by atoms with E-state index in [1.807, 2.05) is 24.3 Å². The van der Waals surface area contributed by atoms with Gasteiger partial charge in [-0.1, -0.05) is 24.3 Å². The van der Waals surface area contributed by atoms with Crippen LogP contribution in [0.1, 0.15) is 16.1 Å². The molecule has 0 radical (unpaired) electrons. The molecule has 0 amide bonds. The molecular formula is C17H14N2O2. The lowest BCUT2D eigenvalue weighted by Gasteiger charge is -2.09. The zero-order valence-corrected chi connectivity index (χ0v) is 11.5. The molecule has 2 aromatic carbocycles. The highest BCUT2D eigenvalue weighted by molar-refractivity contribution is 6.14. The second-order valence-corrected chi connectivity index (χ2v) is 4.67. The van der Waals surface area contributed by atoms with E-state index < -0.39 is 0 Å². The van der Waals surface area contributed by atoms with Crippen molar-refractivity contribution in [1.29, 1.82) is 0 Å². The van der Waals surface area contributed by atoms with Crippen LogP contribution in [-0.2, 0) is 0 Å². The number of nitrogens with zero attached hydrogens (tertiary/aromatic N) is 1. The standard InChI is InChI=1S/C17H14N2O2/c1-21-15-7-4-8-19-16(15)17(20)13-9-11-5-2-3-6-12(11)10-14(13)18/h2-10H,18H2,1H3. The molecule has 3 rings (SSSR count). The van der Waals surface area contributed by atoms with Gasteiger partial charge in [-0.25, -0.2) is 4.98 Å². The molecule has 0 fully saturated rings. The molecule has 4 heteroatoms. The Morgan fingerprint density at radius 1 is 1.10 bits per heavy atom. The fourth-order valence-corrected chi connectivity index (χ4v) is 2.31. The Kier molecular flexibility index (Phi) is 3.28. The van der Waals surface area contributed by atoms with Crippen LogP contribution < -0.4 is 10.5 Å². The summed E-state index contributed by atoms with van der Waals surface area (Å²) in [7, 11) is 1.51. The zero-order valence-electron chi connectivity index (χ0n) is 11.5. The van der Waals surface area contributed by atoms with Crippen LogP contribution in [0, 0.1) is 0 Å². The molecule has 0 saturated heterocycles. The van der Waals surface area contributed by atoms with Gasteiger partial charge in [0, 0.05) is 17.4 Å². The van der Waals surface area contributed by atoms with Gasteiger partial charge < -0.3 is 10.5 Å². The molecule has 0 bridgehead atoms. The average Bonchev–Trinajstić information content (AvgIpc) is 2.53. The third-order valence-corrected chi connectivity index (χ3v) is 3.37. The number of fused-ring (bicyclic) bond motifs is 1. The number of carbonyl (C=O) groups excluding carboxylic acids is 1. The quantitative estimate of drug-likeness (QED) is 0.590. The number of ether oxygens (including phenoxy) is 1. The van der Waals surface area contributed by atoms with Gasteiger partial charge in [0.25, 0.3) is 0 Å². The monoisotopic (exact) mass is 278 g/mol. The minimum Gasteiger partial charge on any atom is -0.494 e. The van der Waals surface area contributed by atoms with Gasteiger partial charge in [-0.3, -0.25) is 4.79 Å². The topological polar surface area (TPSA) is 65.2 Å². The first kappa shape index (κ1) is 13.1. The van der Waals surface area contributed by atoms with Crippen molar-refractivity contribution < 1.29 is 9.53 Å². The van der Waals surface area contributed by atoms with Gasteiger partial charge in [0.2, 0.25) is 5.78 Å². The van der Waals surface area contributed by atoms with Crippen molar-refractivity contribution in [3.8, 4) is 5.75 Å². The molecule has 104 valence electrons. The third kappa shape index (κ3) is 2.31. The van der Waals surface area contributed by atoms with Crippen molar-refractivity contribution in [2.24, 2.45) is 0 Å². The Hall–Kier alpha value is -2.88. The minimum atomic E-state index is -0.240. The predicted molar refractivity (Wildman–Crippen MR) is 82.6 cm³/mol. The molecule has 0 spiro atoms. The summed E-state index contributed by atoms with van der Waals surface area (Å²) in [6.45, 7) is 0. The van der Waals surface area contributed by atoms with E-state index in [0.717, 1.165) is 10.8 Å². The number of benzene rings is 2. The van der Waals surface area contributed by atoms with E-state index >= 15 is 0 Å². The number of hydrogen-bond acceptors (Lipinski definition) is 4. The van der Waals surface area contributed by atoms with E-state index in [2.05, 4.69) is 4.98 Å². The number of ketones is 1. The molecule has 0 saturated carbocycles. The zero-order chi connectivity index (χ0) is 14.8. The SMILES string of the molecule is COc1cccnc1C(=O)c1cc2ccccc2cc1N. The Morgan fingerprint density at radius 3 is 2.52 bits per heavy atom. The van der Waals surface area contributed by atoms with E-state index in [1.54, 1.807) is 30.5 Å². The number of anilines is 1. The van der Waals surface area contributed by atoms with Gasteiger partial charge in [0.1, 0.15) is 5.75 Å². The summed E-state index contributed by atoms with van der Waals surface area (Å²) in [5.74, 6) is 0.200. The number of carbonyl (C=O) groups is 1. The van der Waals surface area contributed by atoms with Crippen LogP contribution >= 0.6 is 0 Å². The van der Waals surface area contributed by atoms with Gasteiger partial charge in [-0.15, -0.1) is 0 Å². The second kappa shape index (κ2) is 5.25. The Labute approximate surface area is 122 Å². The van der Waals surface area contributed by atoms with Gasteiger partial charge in [0.05, 0.1) is 7.11 Å². The summed E-state index contributed by atoms with van der Waals surface area (Å²) >= 11 is 0. The summed E-state index contributed by atoms with van der Waals surface area (Å²) in [6, 6.07) is 14.8. The van der Waals surface area contributed by atoms with Crippen LogP contribution in [0.4, 0.5) is 5.69 Å². The van der Waals surface area contributed by atoms with Gasteiger partial charge in [-0.05, 0) is 35.0 Å². The van der Waals surface area contributed by atoms with Crippen molar-refractivity contribution >= 4 is 22.2 Å². The summed E-state index contributed by atoms with van der Waals surface area (Å²) in [5, 5.41) is 1.96. The summed E-state index contributed by atoms with van der Waals surface area (Å²) in [6.07, 6.45) is 1.56. The van der Waals surface area contributed by atoms with Crippen LogP contribution in [0.2, 0.25) is 0 Å². The number of methoxy groups -OCH3 is 1. The maximum atomic E-state index is 12.7. The normalized spacial score (nSPS) is 10.5. The lowest BCUT2D eigenvalue weighted by atomic mass is 10.00. The van der Waals surface area contributed by atoms with Crippen LogP contribution in [0.25, 0.3) is 10.8 Å². The maximum Gasteiger partial charge on any atom is 0.217 e. The molecule has 0 aliphatic rings. The van der Waals surface area contributed by atoms with E-state index in [4.69, 9.17) is 10.5 Å². The van der Waals surface area contributed by atoms with E-state index in [0.29, 0.717) is 17.0 Å². The van der Waals surface area contributed by atoms with E-state index in [9.17, 15) is 4.79 Å². The predicted octanol–water partition coefficient (Wildman–Crippen LogP) is 3.06. The molecule has 0 aliphatic heterocycles. The molecule has 0 unspecified atom stereocenters. The smallest absolute Gasteiger partial charge is 0.217 e. The highest BCUT2D eigenvalue weighted by Gasteiger charge is 2.18. The molecular weight excluding hydrogens is 264 g/mol. The average molecular weight is 278 g/mol. The fraction of sp³-hybridized carbons (Fsp3) is 0.0588. The molecule has 0 aliphatic carbocycles. The van der Waals surface area contributed by atoms with Gasteiger partial charge in [0.15, 0.2) is 5.69 Å². The highest BCUT2D eigenvalue weighted by Crippen LogP contribution is 2.26. The van der Waals surface area contributed by atoms with Crippen molar-refractivity contribution in [1.82, 2.24) is 4.98 Å². The Balaban J connectivity index is 2.15. The van der Waals surface area contributed by atoms with E-state index in [-0.39, 0.29) is 11.5 Å². The van der Waals surface area contributed by atoms with Crippen molar-refractivity contribution in [2.75, 3.05) is 12.8 Å². The fourth-order valence-electron chi connectivity index (χ4n) is 2.31. The minimum absolute atomic E-state index is 0.240. The van der Waals surface area contributed by atoms with Crippen LogP contribution in [0.5, 0.6) is 5.75 Å². The number of nitrogens with two attached hydrogens (primary N) is 1. The summed E-state index contributed by atoms with van der Waals surface area (Å²) < 4.78 is 5.19. The lowest BCUT2D eigenvalue weighted by Crippen LogP contribution is -2.09. The molecule has 4 nitrogen and oxygen atoms in total. The van der Waals surface area contributed by atoms with Crippen LogP contribution in [-0.4, -0.2) is 17.9 Å². The first-order valence-electron chi connectivity index (χ1n) is 6.52. The largest absolute Gasteiger partial charge is 0.494 e. The molecule has 21 heavy (non-hydrogen) atoms. The van der Waals surface area contributed by atoms with Crippen LogP contribution in [0.15, 0.2) is 54.7 Å². The number of aromatic nitrogens is 1. The third-order valence-electron chi connectivity index (χ3n) is 3.37. The number of hydrogen-bond donors (Lipinski definition) is 1. The van der Waals surface area contributed by atoms with Gasteiger partial charge >= 0.3 is 0 Å². The molecule has 1 heterocycles. The first-order valence-corrected chi connectivity index (χ1v) is 6.52.